The predicted molar refractivity (Wildman–Crippen MR) is 119 cm³/mol. The summed E-state index contributed by atoms with van der Waals surface area (Å²) in [6, 6.07) is 17.0. The Kier molecular flexibility index (Phi) is 7.15. The van der Waals surface area contributed by atoms with Gasteiger partial charge in [-0.1, -0.05) is 43.3 Å². The monoisotopic (exact) mass is 430 g/mol. The van der Waals surface area contributed by atoms with E-state index in [1.54, 1.807) is 6.92 Å². The van der Waals surface area contributed by atoms with Gasteiger partial charge in [0.1, 0.15) is 5.75 Å². The van der Waals surface area contributed by atoms with Gasteiger partial charge in [0.2, 0.25) is 15.9 Å². The average molecular weight is 431 g/mol. The fourth-order valence-corrected chi connectivity index (χ4v) is 4.97. The molecule has 0 radical (unpaired) electrons. The molecule has 0 atom stereocenters. The largest absolute Gasteiger partial charge is 0.494 e. The van der Waals surface area contributed by atoms with Gasteiger partial charge in [0.15, 0.2) is 0 Å². The van der Waals surface area contributed by atoms with Crippen LogP contribution in [0.1, 0.15) is 38.7 Å². The van der Waals surface area contributed by atoms with Crippen molar-refractivity contribution in [1.29, 1.82) is 0 Å². The molecule has 3 rings (SSSR count). The molecule has 1 aliphatic heterocycles. The van der Waals surface area contributed by atoms with Crippen molar-refractivity contribution < 1.29 is 17.9 Å². The Morgan fingerprint density at radius 1 is 1.07 bits per heavy atom. The summed E-state index contributed by atoms with van der Waals surface area (Å²) in [5, 5.41) is 3.05. The lowest BCUT2D eigenvalue weighted by atomic mass is 9.72. The summed E-state index contributed by atoms with van der Waals surface area (Å²) >= 11 is 0. The minimum atomic E-state index is -3.27. The first kappa shape index (κ1) is 22.3. The number of ether oxygens (including phenoxy) is 1. The fourth-order valence-electron chi connectivity index (χ4n) is 3.87. The molecule has 2 aromatic rings. The second-order valence-electron chi connectivity index (χ2n) is 7.58. The molecular formula is C23H30N2O4S. The molecule has 6 nitrogen and oxygen atoms in total. The standard InChI is InChI=1S/C23H30N2O4S/c1-3-17-29-21-12-8-11-20(18-21)24-22(26)23(19-9-6-5-7-10-19)13-15-25(16-14-23)30(27,28)4-2/h5-12,18H,3-4,13-17H2,1-2H3,(H,24,26). The van der Waals surface area contributed by atoms with Crippen molar-refractivity contribution >= 4 is 21.6 Å². The minimum absolute atomic E-state index is 0.0715. The number of piperidine rings is 1. The van der Waals surface area contributed by atoms with Gasteiger partial charge in [-0.05, 0) is 43.9 Å². The van der Waals surface area contributed by atoms with Crippen molar-refractivity contribution in [3.05, 3.63) is 60.2 Å². The van der Waals surface area contributed by atoms with E-state index < -0.39 is 15.4 Å². The molecule has 0 unspecified atom stereocenters. The Morgan fingerprint density at radius 2 is 1.77 bits per heavy atom. The highest BCUT2D eigenvalue weighted by molar-refractivity contribution is 7.89. The molecule has 1 fully saturated rings. The highest BCUT2D eigenvalue weighted by atomic mass is 32.2. The van der Waals surface area contributed by atoms with Crippen molar-refractivity contribution in [1.82, 2.24) is 4.31 Å². The number of hydrogen-bond acceptors (Lipinski definition) is 4. The normalized spacial score (nSPS) is 16.7. The van der Waals surface area contributed by atoms with E-state index in [4.69, 9.17) is 4.74 Å². The number of nitrogens with zero attached hydrogens (tertiary/aromatic N) is 1. The van der Waals surface area contributed by atoms with Gasteiger partial charge < -0.3 is 10.1 Å². The first-order chi connectivity index (χ1) is 14.4. The zero-order valence-corrected chi connectivity index (χ0v) is 18.5. The van der Waals surface area contributed by atoms with E-state index >= 15 is 0 Å². The summed E-state index contributed by atoms with van der Waals surface area (Å²) < 4.78 is 31.8. The maximum atomic E-state index is 13.5. The van der Waals surface area contributed by atoms with Gasteiger partial charge in [0.05, 0.1) is 17.8 Å². The van der Waals surface area contributed by atoms with Crippen LogP contribution in [0.25, 0.3) is 0 Å². The number of nitrogens with one attached hydrogen (secondary N) is 1. The van der Waals surface area contributed by atoms with Gasteiger partial charge in [-0.15, -0.1) is 0 Å². The number of benzene rings is 2. The van der Waals surface area contributed by atoms with Crippen LogP contribution in [0.5, 0.6) is 5.75 Å². The quantitative estimate of drug-likeness (QED) is 0.691. The Hall–Kier alpha value is -2.38. The van der Waals surface area contributed by atoms with Gasteiger partial charge in [0, 0.05) is 24.8 Å². The van der Waals surface area contributed by atoms with E-state index in [0.717, 1.165) is 12.0 Å². The molecule has 7 heteroatoms. The van der Waals surface area contributed by atoms with E-state index in [-0.39, 0.29) is 11.7 Å². The zero-order valence-electron chi connectivity index (χ0n) is 17.6. The minimum Gasteiger partial charge on any atom is -0.494 e. The van der Waals surface area contributed by atoms with Crippen LogP contribution in [-0.2, 0) is 20.2 Å². The topological polar surface area (TPSA) is 75.7 Å². The Balaban J connectivity index is 1.85. The molecule has 0 saturated carbocycles. The smallest absolute Gasteiger partial charge is 0.235 e. The van der Waals surface area contributed by atoms with Gasteiger partial charge in [-0.2, -0.15) is 0 Å². The molecule has 1 aliphatic rings. The number of rotatable bonds is 8. The SMILES string of the molecule is CCCOc1cccc(NC(=O)C2(c3ccccc3)CCN(S(=O)(=O)CC)CC2)c1. The number of carbonyl (C=O) groups excluding carboxylic acids is 1. The fraction of sp³-hybridized carbons (Fsp3) is 0.435. The molecule has 0 spiro atoms. The number of anilines is 1. The second-order valence-corrected chi connectivity index (χ2v) is 9.84. The van der Waals surface area contributed by atoms with Gasteiger partial charge >= 0.3 is 0 Å². The summed E-state index contributed by atoms with van der Waals surface area (Å²) in [5.74, 6) is 0.671. The van der Waals surface area contributed by atoms with E-state index in [0.29, 0.717) is 44.0 Å². The molecule has 1 amide bonds. The van der Waals surface area contributed by atoms with E-state index in [1.165, 1.54) is 4.31 Å². The third-order valence-corrected chi connectivity index (χ3v) is 7.54. The lowest BCUT2D eigenvalue weighted by molar-refractivity contribution is -0.123. The van der Waals surface area contributed by atoms with E-state index in [1.807, 2.05) is 61.5 Å². The molecule has 0 aromatic heterocycles. The highest BCUT2D eigenvalue weighted by Gasteiger charge is 2.44. The van der Waals surface area contributed by atoms with Gasteiger partial charge in [-0.3, -0.25) is 4.79 Å². The van der Waals surface area contributed by atoms with Crippen LogP contribution >= 0.6 is 0 Å². The van der Waals surface area contributed by atoms with Crippen LogP contribution in [0.4, 0.5) is 5.69 Å². The average Bonchev–Trinajstić information content (AvgIpc) is 2.78. The molecule has 1 heterocycles. The lowest BCUT2D eigenvalue weighted by Crippen LogP contribution is -2.51. The second kappa shape index (κ2) is 9.62. The molecule has 1 N–H and O–H groups in total. The van der Waals surface area contributed by atoms with Crippen LogP contribution in [0, 0.1) is 0 Å². The Labute approximate surface area is 179 Å². The maximum Gasteiger partial charge on any atom is 0.235 e. The molecule has 162 valence electrons. The third-order valence-electron chi connectivity index (χ3n) is 5.66. The van der Waals surface area contributed by atoms with Gasteiger partial charge in [0.25, 0.3) is 0 Å². The van der Waals surface area contributed by atoms with Crippen LogP contribution in [0.2, 0.25) is 0 Å². The number of carbonyl (C=O) groups is 1. The highest BCUT2D eigenvalue weighted by Crippen LogP contribution is 2.37. The van der Waals surface area contributed by atoms with Crippen molar-refractivity contribution in [2.45, 2.75) is 38.5 Å². The maximum absolute atomic E-state index is 13.5. The zero-order chi connectivity index (χ0) is 21.6. The number of sulfonamides is 1. The summed E-state index contributed by atoms with van der Waals surface area (Å²) in [5.41, 5.74) is 0.809. The summed E-state index contributed by atoms with van der Waals surface area (Å²) in [6.45, 7) is 4.97. The Morgan fingerprint density at radius 3 is 2.40 bits per heavy atom. The molecule has 1 saturated heterocycles. The van der Waals surface area contributed by atoms with Crippen LogP contribution in [0.3, 0.4) is 0 Å². The van der Waals surface area contributed by atoms with Gasteiger partial charge in [-0.25, -0.2) is 12.7 Å². The summed E-state index contributed by atoms with van der Waals surface area (Å²) in [7, 11) is -3.27. The van der Waals surface area contributed by atoms with Crippen molar-refractivity contribution in [2.75, 3.05) is 30.8 Å². The third kappa shape index (κ3) is 4.84. The van der Waals surface area contributed by atoms with E-state index in [9.17, 15) is 13.2 Å². The lowest BCUT2D eigenvalue weighted by Gasteiger charge is -2.40. The van der Waals surface area contributed by atoms with Crippen molar-refractivity contribution in [3.63, 3.8) is 0 Å². The molecule has 0 aliphatic carbocycles. The number of amides is 1. The Bertz CT molecular complexity index is 952. The summed E-state index contributed by atoms with van der Waals surface area (Å²) in [6.07, 6.45) is 1.78. The first-order valence-corrected chi connectivity index (χ1v) is 12.1. The summed E-state index contributed by atoms with van der Waals surface area (Å²) in [4.78, 5) is 13.5. The van der Waals surface area contributed by atoms with Crippen molar-refractivity contribution in [3.8, 4) is 5.75 Å². The molecule has 2 aromatic carbocycles. The number of hydrogen-bond donors (Lipinski definition) is 1. The van der Waals surface area contributed by atoms with Crippen molar-refractivity contribution in [2.24, 2.45) is 0 Å². The van der Waals surface area contributed by atoms with Crippen LogP contribution in [-0.4, -0.2) is 44.1 Å². The molecule has 0 bridgehead atoms. The van der Waals surface area contributed by atoms with Crippen LogP contribution in [0.15, 0.2) is 54.6 Å². The molecule has 30 heavy (non-hydrogen) atoms. The first-order valence-electron chi connectivity index (χ1n) is 10.5. The molecular weight excluding hydrogens is 400 g/mol. The van der Waals surface area contributed by atoms with Crippen LogP contribution < -0.4 is 10.1 Å². The predicted octanol–water partition coefficient (Wildman–Crippen LogP) is 3.80. The van der Waals surface area contributed by atoms with E-state index in [2.05, 4.69) is 5.32 Å².